The van der Waals surface area contributed by atoms with Crippen LogP contribution in [-0.2, 0) is 0 Å². The molecule has 1 aliphatic carbocycles. The van der Waals surface area contributed by atoms with E-state index in [9.17, 15) is 5.11 Å². The highest BCUT2D eigenvalue weighted by Gasteiger charge is 2.31. The maximum atomic E-state index is 10.2. The van der Waals surface area contributed by atoms with Crippen LogP contribution in [0.25, 0.3) is 0 Å². The number of hydrogen-bond donors (Lipinski definition) is 2. The summed E-state index contributed by atoms with van der Waals surface area (Å²) in [7, 11) is 0. The highest BCUT2D eigenvalue weighted by Crippen LogP contribution is 2.24. The van der Waals surface area contributed by atoms with Crippen molar-refractivity contribution in [1.82, 2.24) is 10.2 Å². The second kappa shape index (κ2) is 5.48. The number of nitrogens with one attached hydrogen (secondary N) is 1. The molecule has 94 valence electrons. The number of aliphatic hydroxyl groups excluding tert-OH is 1. The SMILES string of the molecule is CC1CN(C2CCCCCC2O)CC(C)N1. The summed E-state index contributed by atoms with van der Waals surface area (Å²) in [5.74, 6) is 0. The predicted octanol–water partition coefficient (Wildman–Crippen LogP) is 1.36. The van der Waals surface area contributed by atoms with Gasteiger partial charge in [0.05, 0.1) is 6.10 Å². The topological polar surface area (TPSA) is 35.5 Å². The molecule has 3 nitrogen and oxygen atoms in total. The van der Waals surface area contributed by atoms with Gasteiger partial charge in [-0.15, -0.1) is 0 Å². The lowest BCUT2D eigenvalue weighted by Gasteiger charge is -2.42. The van der Waals surface area contributed by atoms with Gasteiger partial charge in [0.25, 0.3) is 0 Å². The maximum absolute atomic E-state index is 10.2. The second-order valence-electron chi connectivity index (χ2n) is 5.70. The third-order valence-electron chi connectivity index (χ3n) is 4.00. The average molecular weight is 226 g/mol. The zero-order chi connectivity index (χ0) is 11.5. The molecule has 0 aromatic carbocycles. The van der Waals surface area contributed by atoms with E-state index >= 15 is 0 Å². The van der Waals surface area contributed by atoms with Gasteiger partial charge >= 0.3 is 0 Å². The van der Waals surface area contributed by atoms with E-state index in [0.29, 0.717) is 18.1 Å². The van der Waals surface area contributed by atoms with Crippen molar-refractivity contribution in [3.05, 3.63) is 0 Å². The van der Waals surface area contributed by atoms with Crippen molar-refractivity contribution in [2.24, 2.45) is 0 Å². The molecule has 16 heavy (non-hydrogen) atoms. The quantitative estimate of drug-likeness (QED) is 0.663. The van der Waals surface area contributed by atoms with E-state index in [2.05, 4.69) is 24.1 Å². The molecule has 1 aliphatic heterocycles. The maximum Gasteiger partial charge on any atom is 0.0695 e. The van der Waals surface area contributed by atoms with Gasteiger partial charge in [-0.2, -0.15) is 0 Å². The monoisotopic (exact) mass is 226 g/mol. The van der Waals surface area contributed by atoms with Gasteiger partial charge < -0.3 is 10.4 Å². The van der Waals surface area contributed by atoms with Crippen LogP contribution in [0.3, 0.4) is 0 Å². The molecular weight excluding hydrogens is 200 g/mol. The highest BCUT2D eigenvalue weighted by molar-refractivity contribution is 4.89. The minimum Gasteiger partial charge on any atom is -0.391 e. The summed E-state index contributed by atoms with van der Waals surface area (Å²) in [4.78, 5) is 2.52. The molecule has 0 spiro atoms. The van der Waals surface area contributed by atoms with Crippen LogP contribution in [0.1, 0.15) is 46.0 Å². The Morgan fingerprint density at radius 2 is 1.62 bits per heavy atom. The van der Waals surface area contributed by atoms with Gasteiger partial charge in [0.1, 0.15) is 0 Å². The number of aliphatic hydroxyl groups is 1. The molecule has 0 aromatic rings. The number of rotatable bonds is 1. The molecule has 0 aromatic heterocycles. The molecule has 0 amide bonds. The fourth-order valence-electron chi connectivity index (χ4n) is 3.33. The molecule has 3 heteroatoms. The molecule has 2 rings (SSSR count). The summed E-state index contributed by atoms with van der Waals surface area (Å²) in [5.41, 5.74) is 0. The minimum absolute atomic E-state index is 0.0972. The minimum atomic E-state index is -0.0972. The molecule has 1 heterocycles. The standard InChI is InChI=1S/C13H26N2O/c1-10-8-15(9-11(2)14-10)12-6-4-3-5-7-13(12)16/h10-14,16H,3-9H2,1-2H3. The van der Waals surface area contributed by atoms with E-state index in [0.717, 1.165) is 19.5 Å². The first kappa shape index (κ1) is 12.3. The molecule has 4 unspecified atom stereocenters. The lowest BCUT2D eigenvalue weighted by atomic mass is 10.0. The van der Waals surface area contributed by atoms with Crippen LogP contribution >= 0.6 is 0 Å². The smallest absolute Gasteiger partial charge is 0.0695 e. The van der Waals surface area contributed by atoms with Gasteiger partial charge in [0, 0.05) is 31.2 Å². The van der Waals surface area contributed by atoms with E-state index < -0.39 is 0 Å². The second-order valence-corrected chi connectivity index (χ2v) is 5.70. The Morgan fingerprint density at radius 3 is 2.31 bits per heavy atom. The van der Waals surface area contributed by atoms with Crippen molar-refractivity contribution in [2.75, 3.05) is 13.1 Å². The number of nitrogens with zero attached hydrogens (tertiary/aromatic N) is 1. The van der Waals surface area contributed by atoms with Crippen LogP contribution in [0.5, 0.6) is 0 Å². The van der Waals surface area contributed by atoms with Crippen molar-refractivity contribution in [3.8, 4) is 0 Å². The Labute approximate surface area is 99.2 Å². The first-order valence-electron chi connectivity index (χ1n) is 6.85. The van der Waals surface area contributed by atoms with Crippen LogP contribution in [0.2, 0.25) is 0 Å². The third-order valence-corrected chi connectivity index (χ3v) is 4.00. The van der Waals surface area contributed by atoms with E-state index in [1.54, 1.807) is 0 Å². The Kier molecular flexibility index (Phi) is 4.22. The van der Waals surface area contributed by atoms with Crippen LogP contribution in [-0.4, -0.2) is 47.3 Å². The summed E-state index contributed by atoms with van der Waals surface area (Å²) in [6.45, 7) is 6.66. The molecule has 2 aliphatic rings. The summed E-state index contributed by atoms with van der Waals surface area (Å²) in [5, 5.41) is 13.8. The van der Waals surface area contributed by atoms with Gasteiger partial charge in [0.2, 0.25) is 0 Å². The predicted molar refractivity (Wildman–Crippen MR) is 66.5 cm³/mol. The van der Waals surface area contributed by atoms with Crippen LogP contribution in [0.15, 0.2) is 0 Å². The van der Waals surface area contributed by atoms with Gasteiger partial charge in [-0.3, -0.25) is 4.90 Å². The summed E-state index contributed by atoms with van der Waals surface area (Å²) in [6, 6.07) is 1.52. The van der Waals surface area contributed by atoms with Gasteiger partial charge in [-0.1, -0.05) is 19.3 Å². The number of piperazine rings is 1. The van der Waals surface area contributed by atoms with Crippen molar-refractivity contribution >= 4 is 0 Å². The zero-order valence-electron chi connectivity index (χ0n) is 10.7. The molecule has 4 atom stereocenters. The van der Waals surface area contributed by atoms with Crippen LogP contribution in [0.4, 0.5) is 0 Å². The van der Waals surface area contributed by atoms with Gasteiger partial charge in [0.15, 0.2) is 0 Å². The lowest BCUT2D eigenvalue weighted by molar-refractivity contribution is 0.0214. The number of hydrogen-bond acceptors (Lipinski definition) is 3. The molecule has 1 saturated carbocycles. The third kappa shape index (κ3) is 2.96. The van der Waals surface area contributed by atoms with Crippen LogP contribution < -0.4 is 5.32 Å². The van der Waals surface area contributed by atoms with Crippen molar-refractivity contribution in [1.29, 1.82) is 0 Å². The van der Waals surface area contributed by atoms with Crippen LogP contribution in [0, 0.1) is 0 Å². The van der Waals surface area contributed by atoms with Crippen molar-refractivity contribution in [3.63, 3.8) is 0 Å². The zero-order valence-corrected chi connectivity index (χ0v) is 10.7. The van der Waals surface area contributed by atoms with Crippen molar-refractivity contribution in [2.45, 2.75) is 70.2 Å². The van der Waals surface area contributed by atoms with E-state index in [-0.39, 0.29) is 6.10 Å². The fraction of sp³-hybridized carbons (Fsp3) is 1.00. The molecule has 2 N–H and O–H groups in total. The van der Waals surface area contributed by atoms with E-state index in [4.69, 9.17) is 0 Å². The largest absolute Gasteiger partial charge is 0.391 e. The van der Waals surface area contributed by atoms with Crippen molar-refractivity contribution < 1.29 is 5.11 Å². The fourth-order valence-corrected chi connectivity index (χ4v) is 3.33. The summed E-state index contributed by atoms with van der Waals surface area (Å²) in [6.07, 6.45) is 5.87. The first-order valence-corrected chi connectivity index (χ1v) is 6.85. The Bertz CT molecular complexity index is 212. The Hall–Kier alpha value is -0.120. The first-order chi connectivity index (χ1) is 7.66. The molecule has 2 fully saturated rings. The van der Waals surface area contributed by atoms with E-state index in [1.807, 2.05) is 0 Å². The van der Waals surface area contributed by atoms with Gasteiger partial charge in [-0.25, -0.2) is 0 Å². The molecule has 0 bridgehead atoms. The molecular formula is C13H26N2O. The molecule has 1 saturated heterocycles. The lowest BCUT2D eigenvalue weighted by Crippen LogP contribution is -2.59. The Balaban J connectivity index is 1.98. The summed E-state index contributed by atoms with van der Waals surface area (Å²) >= 11 is 0. The van der Waals surface area contributed by atoms with E-state index in [1.165, 1.54) is 25.7 Å². The molecule has 0 radical (unpaired) electrons. The average Bonchev–Trinajstić information content (AvgIpc) is 2.41. The highest BCUT2D eigenvalue weighted by atomic mass is 16.3. The summed E-state index contributed by atoms with van der Waals surface area (Å²) < 4.78 is 0. The Morgan fingerprint density at radius 1 is 1.00 bits per heavy atom. The van der Waals surface area contributed by atoms with Gasteiger partial charge in [-0.05, 0) is 26.7 Å². The normalized spacial score (nSPS) is 42.9.